The summed E-state index contributed by atoms with van der Waals surface area (Å²) in [6.07, 6.45) is 0.872. The molecule has 0 amide bonds. The van der Waals surface area contributed by atoms with Gasteiger partial charge >= 0.3 is 5.97 Å². The van der Waals surface area contributed by atoms with Crippen LogP contribution in [0.25, 0.3) is 11.4 Å². The first-order valence-electron chi connectivity index (χ1n) is 5.80. The van der Waals surface area contributed by atoms with Crippen LogP contribution < -0.4 is 0 Å². The fourth-order valence-corrected chi connectivity index (χ4v) is 1.67. The van der Waals surface area contributed by atoms with Gasteiger partial charge in [-0.2, -0.15) is 0 Å². The third-order valence-corrected chi connectivity index (χ3v) is 2.89. The Bertz CT molecular complexity index is 580. The standard InChI is InChI=1S/C12H14N4O3/c1-7(8(2)17)16-11(9-5-3-4-6-13-9)10(12(18)19)14-15-16/h3-8,17H,1-2H3,(H,18,19). The van der Waals surface area contributed by atoms with E-state index < -0.39 is 18.1 Å². The number of aliphatic hydroxyl groups is 1. The fraction of sp³-hybridized carbons (Fsp3) is 0.333. The molecule has 2 rings (SSSR count). The normalized spacial score (nSPS) is 14.1. The molecule has 0 radical (unpaired) electrons. The number of aliphatic hydroxyl groups excluding tert-OH is 1. The maximum Gasteiger partial charge on any atom is 0.358 e. The van der Waals surface area contributed by atoms with Crippen LogP contribution in [0.5, 0.6) is 0 Å². The second-order valence-corrected chi connectivity index (χ2v) is 4.23. The van der Waals surface area contributed by atoms with E-state index in [1.165, 1.54) is 4.68 Å². The molecular formula is C12H14N4O3. The van der Waals surface area contributed by atoms with Crippen molar-refractivity contribution in [2.75, 3.05) is 0 Å². The van der Waals surface area contributed by atoms with Crippen LogP contribution in [-0.4, -0.2) is 42.3 Å². The van der Waals surface area contributed by atoms with E-state index in [4.69, 9.17) is 5.11 Å². The van der Waals surface area contributed by atoms with Crippen LogP contribution >= 0.6 is 0 Å². The molecule has 2 unspecified atom stereocenters. The van der Waals surface area contributed by atoms with E-state index in [1.807, 2.05) is 0 Å². The van der Waals surface area contributed by atoms with Gasteiger partial charge in [0.2, 0.25) is 0 Å². The molecule has 2 heterocycles. The molecule has 100 valence electrons. The highest BCUT2D eigenvalue weighted by atomic mass is 16.4. The molecule has 0 aliphatic heterocycles. The maximum absolute atomic E-state index is 11.2. The third-order valence-electron chi connectivity index (χ3n) is 2.89. The molecule has 0 saturated heterocycles. The van der Waals surface area contributed by atoms with Gasteiger partial charge < -0.3 is 10.2 Å². The molecule has 2 atom stereocenters. The molecule has 0 aromatic carbocycles. The number of hydrogen-bond acceptors (Lipinski definition) is 5. The summed E-state index contributed by atoms with van der Waals surface area (Å²) < 4.78 is 1.39. The number of hydrogen-bond donors (Lipinski definition) is 2. The topological polar surface area (TPSA) is 101 Å². The Balaban J connectivity index is 2.61. The molecule has 7 heteroatoms. The Hall–Kier alpha value is -2.28. The Morgan fingerprint density at radius 3 is 2.63 bits per heavy atom. The lowest BCUT2D eigenvalue weighted by Gasteiger charge is -2.17. The smallest absolute Gasteiger partial charge is 0.358 e. The Kier molecular flexibility index (Phi) is 3.57. The number of aromatic carboxylic acids is 1. The van der Waals surface area contributed by atoms with E-state index in [2.05, 4.69) is 15.3 Å². The lowest BCUT2D eigenvalue weighted by atomic mass is 10.1. The molecule has 0 fully saturated rings. The predicted octanol–water partition coefficient (Wildman–Crippen LogP) is 0.980. The van der Waals surface area contributed by atoms with Crippen molar-refractivity contribution in [2.45, 2.75) is 26.0 Å². The largest absolute Gasteiger partial charge is 0.476 e. The zero-order valence-electron chi connectivity index (χ0n) is 10.6. The Labute approximate surface area is 109 Å². The molecular weight excluding hydrogens is 248 g/mol. The summed E-state index contributed by atoms with van der Waals surface area (Å²) >= 11 is 0. The molecule has 7 nitrogen and oxygen atoms in total. The second kappa shape index (κ2) is 5.15. The fourth-order valence-electron chi connectivity index (χ4n) is 1.67. The molecule has 0 saturated carbocycles. The van der Waals surface area contributed by atoms with Gasteiger partial charge in [-0.15, -0.1) is 5.10 Å². The summed E-state index contributed by atoms with van der Waals surface area (Å²) in [6.45, 7) is 3.34. The first-order valence-corrected chi connectivity index (χ1v) is 5.80. The zero-order valence-corrected chi connectivity index (χ0v) is 10.6. The average molecular weight is 262 g/mol. The summed E-state index contributed by atoms with van der Waals surface area (Å²) in [7, 11) is 0. The van der Waals surface area contributed by atoms with E-state index in [0.29, 0.717) is 11.4 Å². The van der Waals surface area contributed by atoms with Gasteiger partial charge in [0.25, 0.3) is 0 Å². The highest BCUT2D eigenvalue weighted by Gasteiger charge is 2.25. The van der Waals surface area contributed by atoms with Crippen molar-refractivity contribution < 1.29 is 15.0 Å². The Morgan fingerprint density at radius 2 is 2.11 bits per heavy atom. The molecule has 2 aromatic rings. The molecule has 0 aliphatic carbocycles. The van der Waals surface area contributed by atoms with Gasteiger partial charge in [-0.1, -0.05) is 11.3 Å². The van der Waals surface area contributed by atoms with E-state index in [0.717, 1.165) is 0 Å². The van der Waals surface area contributed by atoms with Crippen LogP contribution in [-0.2, 0) is 0 Å². The number of rotatable bonds is 4. The van der Waals surface area contributed by atoms with Crippen molar-refractivity contribution in [2.24, 2.45) is 0 Å². The number of nitrogens with zero attached hydrogens (tertiary/aromatic N) is 4. The number of pyridine rings is 1. The van der Waals surface area contributed by atoms with Gasteiger partial charge in [-0.25, -0.2) is 9.48 Å². The van der Waals surface area contributed by atoms with Crippen molar-refractivity contribution in [3.05, 3.63) is 30.1 Å². The van der Waals surface area contributed by atoms with Gasteiger partial charge in [0.1, 0.15) is 5.69 Å². The highest BCUT2D eigenvalue weighted by Crippen LogP contribution is 2.24. The van der Waals surface area contributed by atoms with Crippen LogP contribution in [0.3, 0.4) is 0 Å². The van der Waals surface area contributed by atoms with Crippen LogP contribution in [0.15, 0.2) is 24.4 Å². The lowest BCUT2D eigenvalue weighted by Crippen LogP contribution is -2.20. The SMILES string of the molecule is CC(O)C(C)n1nnc(C(=O)O)c1-c1ccccn1. The van der Waals surface area contributed by atoms with Crippen molar-refractivity contribution in [1.29, 1.82) is 0 Å². The summed E-state index contributed by atoms with van der Waals surface area (Å²) in [5.41, 5.74) is 0.574. The molecule has 2 aromatic heterocycles. The maximum atomic E-state index is 11.2. The molecule has 19 heavy (non-hydrogen) atoms. The summed E-state index contributed by atoms with van der Waals surface area (Å²) in [5, 5.41) is 26.3. The van der Waals surface area contributed by atoms with E-state index >= 15 is 0 Å². The van der Waals surface area contributed by atoms with Gasteiger partial charge in [0.15, 0.2) is 5.69 Å². The van der Waals surface area contributed by atoms with Crippen molar-refractivity contribution in [1.82, 2.24) is 20.0 Å². The minimum Gasteiger partial charge on any atom is -0.476 e. The van der Waals surface area contributed by atoms with Crippen LogP contribution in [0, 0.1) is 0 Å². The highest BCUT2D eigenvalue weighted by molar-refractivity contribution is 5.92. The predicted molar refractivity (Wildman–Crippen MR) is 66.6 cm³/mol. The van der Waals surface area contributed by atoms with Crippen molar-refractivity contribution in [3.8, 4) is 11.4 Å². The first kappa shape index (κ1) is 13.2. The third kappa shape index (κ3) is 2.45. The second-order valence-electron chi connectivity index (χ2n) is 4.23. The van der Waals surface area contributed by atoms with Crippen LogP contribution in [0.2, 0.25) is 0 Å². The van der Waals surface area contributed by atoms with Crippen molar-refractivity contribution in [3.63, 3.8) is 0 Å². The average Bonchev–Trinajstić information content (AvgIpc) is 2.83. The van der Waals surface area contributed by atoms with E-state index in [9.17, 15) is 9.90 Å². The van der Waals surface area contributed by atoms with Crippen LogP contribution in [0.4, 0.5) is 0 Å². The summed E-state index contributed by atoms with van der Waals surface area (Å²) in [6, 6.07) is 4.75. The number of carbonyl (C=O) groups is 1. The molecule has 2 N–H and O–H groups in total. The van der Waals surface area contributed by atoms with Crippen LogP contribution in [0.1, 0.15) is 30.4 Å². The number of carboxylic acids is 1. The van der Waals surface area contributed by atoms with E-state index in [-0.39, 0.29) is 5.69 Å². The molecule has 0 bridgehead atoms. The monoisotopic (exact) mass is 262 g/mol. The lowest BCUT2D eigenvalue weighted by molar-refractivity contribution is 0.0691. The Morgan fingerprint density at radius 1 is 1.37 bits per heavy atom. The van der Waals surface area contributed by atoms with E-state index in [1.54, 1.807) is 38.2 Å². The minimum absolute atomic E-state index is 0.175. The molecule has 0 aliphatic rings. The molecule has 0 spiro atoms. The van der Waals surface area contributed by atoms with Gasteiger partial charge in [0.05, 0.1) is 17.8 Å². The van der Waals surface area contributed by atoms with Gasteiger partial charge in [-0.05, 0) is 26.0 Å². The quantitative estimate of drug-likeness (QED) is 0.851. The first-order chi connectivity index (χ1) is 9.02. The van der Waals surface area contributed by atoms with Gasteiger partial charge in [0, 0.05) is 6.20 Å². The number of aromatic nitrogens is 4. The summed E-state index contributed by atoms with van der Waals surface area (Å²) in [5.74, 6) is -1.18. The summed E-state index contributed by atoms with van der Waals surface area (Å²) in [4.78, 5) is 15.3. The van der Waals surface area contributed by atoms with Gasteiger partial charge in [-0.3, -0.25) is 4.98 Å². The number of carboxylic acid groups (broad SMARTS) is 1. The zero-order chi connectivity index (χ0) is 14.0. The van der Waals surface area contributed by atoms with Crippen molar-refractivity contribution >= 4 is 5.97 Å². The minimum atomic E-state index is -1.18.